The van der Waals surface area contributed by atoms with Crippen molar-refractivity contribution in [1.82, 2.24) is 0 Å². The van der Waals surface area contributed by atoms with Crippen molar-refractivity contribution in [1.29, 1.82) is 0 Å². The highest BCUT2D eigenvalue weighted by Gasteiger charge is 2.29. The van der Waals surface area contributed by atoms with Crippen LogP contribution >= 0.6 is 11.6 Å². The SMILES string of the molecule is COc1ccc(N2CCCS2(=O)=O)cc1NC(=O)c1ccc([N+](=O)[O-])cc1Cl. The van der Waals surface area contributed by atoms with Gasteiger partial charge < -0.3 is 10.1 Å². The lowest BCUT2D eigenvalue weighted by Crippen LogP contribution is -2.25. The number of halogens is 1. The Bertz CT molecular complexity index is 1060. The van der Waals surface area contributed by atoms with Gasteiger partial charge in [-0.25, -0.2) is 8.42 Å². The van der Waals surface area contributed by atoms with Crippen LogP contribution in [-0.4, -0.2) is 38.7 Å². The lowest BCUT2D eigenvalue weighted by molar-refractivity contribution is -0.384. The predicted octanol–water partition coefficient (Wildman–Crippen LogP) is 3.05. The Morgan fingerprint density at radius 2 is 2.04 bits per heavy atom. The van der Waals surface area contributed by atoms with Crippen molar-refractivity contribution in [2.45, 2.75) is 6.42 Å². The predicted molar refractivity (Wildman–Crippen MR) is 105 cm³/mol. The molecule has 0 radical (unpaired) electrons. The minimum absolute atomic E-state index is 0.0357. The molecule has 2 aromatic carbocycles. The van der Waals surface area contributed by atoms with Crippen molar-refractivity contribution in [2.75, 3.05) is 29.0 Å². The van der Waals surface area contributed by atoms with Crippen LogP contribution in [0.3, 0.4) is 0 Å². The number of sulfonamides is 1. The molecule has 3 rings (SSSR count). The van der Waals surface area contributed by atoms with E-state index in [-0.39, 0.29) is 27.7 Å². The van der Waals surface area contributed by atoms with Crippen LogP contribution in [0.2, 0.25) is 5.02 Å². The van der Waals surface area contributed by atoms with Crippen LogP contribution < -0.4 is 14.4 Å². The third kappa shape index (κ3) is 3.87. The Kier molecular flexibility index (Phi) is 5.43. The highest BCUT2D eigenvalue weighted by Crippen LogP contribution is 2.33. The van der Waals surface area contributed by atoms with Gasteiger partial charge in [0.25, 0.3) is 11.6 Å². The Hall–Kier alpha value is -2.85. The second kappa shape index (κ2) is 7.64. The fourth-order valence-corrected chi connectivity index (χ4v) is 4.69. The van der Waals surface area contributed by atoms with E-state index in [1.807, 2.05) is 0 Å². The largest absolute Gasteiger partial charge is 0.495 e. The number of methoxy groups -OCH3 is 1. The monoisotopic (exact) mass is 425 g/mol. The van der Waals surface area contributed by atoms with Gasteiger partial charge in [-0.2, -0.15) is 0 Å². The Morgan fingerprint density at radius 3 is 2.61 bits per heavy atom. The molecule has 11 heteroatoms. The zero-order valence-electron chi connectivity index (χ0n) is 14.7. The molecule has 28 heavy (non-hydrogen) atoms. The number of non-ortho nitro benzene ring substituents is 1. The first-order valence-corrected chi connectivity index (χ1v) is 10.2. The Balaban J connectivity index is 1.92. The van der Waals surface area contributed by atoms with Gasteiger partial charge in [0.15, 0.2) is 0 Å². The number of nitrogens with one attached hydrogen (secondary N) is 1. The number of benzene rings is 2. The zero-order valence-corrected chi connectivity index (χ0v) is 16.3. The third-order valence-corrected chi connectivity index (χ3v) is 6.41. The molecule has 0 aliphatic carbocycles. The van der Waals surface area contributed by atoms with Crippen LogP contribution in [0.4, 0.5) is 17.1 Å². The summed E-state index contributed by atoms with van der Waals surface area (Å²) in [6.45, 7) is 0.357. The molecule has 0 unspecified atom stereocenters. The van der Waals surface area contributed by atoms with E-state index in [1.165, 1.54) is 29.6 Å². The van der Waals surface area contributed by atoms with Crippen LogP contribution in [-0.2, 0) is 10.0 Å². The van der Waals surface area contributed by atoms with Crippen molar-refractivity contribution >= 4 is 44.6 Å². The molecule has 1 saturated heterocycles. The summed E-state index contributed by atoms with van der Waals surface area (Å²) >= 11 is 6.00. The molecule has 1 aliphatic rings. The van der Waals surface area contributed by atoms with E-state index in [2.05, 4.69) is 5.32 Å². The van der Waals surface area contributed by atoms with E-state index in [4.69, 9.17) is 16.3 Å². The average molecular weight is 426 g/mol. The molecule has 0 atom stereocenters. The smallest absolute Gasteiger partial charge is 0.270 e. The molecule has 0 spiro atoms. The lowest BCUT2D eigenvalue weighted by atomic mass is 10.1. The van der Waals surface area contributed by atoms with Gasteiger partial charge in [0, 0.05) is 18.7 Å². The van der Waals surface area contributed by atoms with Crippen LogP contribution in [0.25, 0.3) is 0 Å². The van der Waals surface area contributed by atoms with Gasteiger partial charge in [0.05, 0.1) is 39.7 Å². The third-order valence-electron chi connectivity index (χ3n) is 4.23. The first kappa shape index (κ1) is 19.9. The summed E-state index contributed by atoms with van der Waals surface area (Å²) < 4.78 is 30.8. The van der Waals surface area contributed by atoms with Crippen molar-refractivity contribution in [2.24, 2.45) is 0 Å². The molecule has 1 heterocycles. The van der Waals surface area contributed by atoms with Gasteiger partial charge in [-0.15, -0.1) is 0 Å². The molecule has 2 aromatic rings. The minimum atomic E-state index is -3.38. The molecule has 1 amide bonds. The molecule has 1 N–H and O–H groups in total. The van der Waals surface area contributed by atoms with E-state index < -0.39 is 20.9 Å². The van der Waals surface area contributed by atoms with Crippen molar-refractivity contribution in [3.63, 3.8) is 0 Å². The minimum Gasteiger partial charge on any atom is -0.495 e. The second-order valence-corrected chi connectivity index (χ2v) is 8.42. The number of amides is 1. The maximum atomic E-state index is 12.6. The molecular formula is C17H16ClN3O6S. The number of carbonyl (C=O) groups is 1. The molecule has 9 nitrogen and oxygen atoms in total. The number of rotatable bonds is 5. The van der Waals surface area contributed by atoms with Crippen LogP contribution in [0.5, 0.6) is 5.75 Å². The number of hydrogen-bond donors (Lipinski definition) is 1. The topological polar surface area (TPSA) is 119 Å². The maximum Gasteiger partial charge on any atom is 0.270 e. The highest BCUT2D eigenvalue weighted by atomic mass is 35.5. The molecule has 0 bridgehead atoms. The number of nitro groups is 1. The number of carbonyl (C=O) groups excluding carboxylic acids is 1. The quantitative estimate of drug-likeness (QED) is 0.580. The standard InChI is InChI=1S/C17H16ClN3O6S/c1-27-16-6-4-11(20-7-2-8-28(20,25)26)10-15(16)19-17(22)13-5-3-12(21(23)24)9-14(13)18/h3-6,9-10H,2,7-8H2,1H3,(H,19,22). The fraction of sp³-hybridized carbons (Fsp3) is 0.235. The van der Waals surface area contributed by atoms with E-state index >= 15 is 0 Å². The van der Waals surface area contributed by atoms with Crippen molar-refractivity contribution in [3.8, 4) is 5.75 Å². The Morgan fingerprint density at radius 1 is 1.29 bits per heavy atom. The summed E-state index contributed by atoms with van der Waals surface area (Å²) in [6.07, 6.45) is 0.522. The molecule has 1 fully saturated rings. The van der Waals surface area contributed by atoms with E-state index in [0.29, 0.717) is 24.4 Å². The number of nitro benzene ring substituents is 1. The molecule has 0 aromatic heterocycles. The van der Waals surface area contributed by atoms with Gasteiger partial charge >= 0.3 is 0 Å². The van der Waals surface area contributed by atoms with E-state index in [9.17, 15) is 23.3 Å². The molecule has 1 aliphatic heterocycles. The number of nitrogens with zero attached hydrogens (tertiary/aromatic N) is 2. The maximum absolute atomic E-state index is 12.6. The van der Waals surface area contributed by atoms with Gasteiger partial charge in [-0.1, -0.05) is 11.6 Å². The zero-order chi connectivity index (χ0) is 20.5. The summed E-state index contributed by atoms with van der Waals surface area (Å²) in [4.78, 5) is 22.8. The summed E-state index contributed by atoms with van der Waals surface area (Å²) in [5.41, 5.74) is 0.457. The van der Waals surface area contributed by atoms with Gasteiger partial charge in [-0.3, -0.25) is 19.2 Å². The van der Waals surface area contributed by atoms with Crippen molar-refractivity contribution in [3.05, 3.63) is 57.1 Å². The summed E-state index contributed by atoms with van der Waals surface area (Å²) in [6, 6.07) is 8.15. The summed E-state index contributed by atoms with van der Waals surface area (Å²) in [7, 11) is -1.97. The first-order valence-electron chi connectivity index (χ1n) is 8.16. The van der Waals surface area contributed by atoms with Crippen molar-refractivity contribution < 1.29 is 22.9 Å². The summed E-state index contributed by atoms with van der Waals surface area (Å²) in [5.74, 6) is -0.217. The first-order chi connectivity index (χ1) is 13.2. The number of anilines is 2. The highest BCUT2D eigenvalue weighted by molar-refractivity contribution is 7.93. The normalized spacial score (nSPS) is 15.3. The summed E-state index contributed by atoms with van der Waals surface area (Å²) in [5, 5.41) is 13.3. The van der Waals surface area contributed by atoms with Crippen LogP contribution in [0.1, 0.15) is 16.8 Å². The van der Waals surface area contributed by atoms with Gasteiger partial charge in [-0.05, 0) is 30.7 Å². The molecule has 148 valence electrons. The van der Waals surface area contributed by atoms with Gasteiger partial charge in [0.1, 0.15) is 5.75 Å². The Labute approximate surface area is 166 Å². The van der Waals surface area contributed by atoms with E-state index in [0.717, 1.165) is 6.07 Å². The number of ether oxygens (including phenoxy) is 1. The lowest BCUT2D eigenvalue weighted by Gasteiger charge is -2.19. The van der Waals surface area contributed by atoms with E-state index in [1.54, 1.807) is 12.1 Å². The molecular weight excluding hydrogens is 410 g/mol. The van der Waals surface area contributed by atoms with Gasteiger partial charge in [0.2, 0.25) is 10.0 Å². The van der Waals surface area contributed by atoms with Crippen LogP contribution in [0.15, 0.2) is 36.4 Å². The fourth-order valence-electron chi connectivity index (χ4n) is 2.87. The second-order valence-electron chi connectivity index (χ2n) is 6.00. The molecule has 0 saturated carbocycles. The van der Waals surface area contributed by atoms with Crippen LogP contribution in [0, 0.1) is 10.1 Å². The number of hydrogen-bond acceptors (Lipinski definition) is 6. The average Bonchev–Trinajstić information content (AvgIpc) is 3.00.